The quantitative estimate of drug-likeness (QED) is 0.901. The van der Waals surface area contributed by atoms with Crippen molar-refractivity contribution in [2.45, 2.75) is 38.5 Å². The van der Waals surface area contributed by atoms with Gasteiger partial charge in [0.25, 0.3) is 5.91 Å². The predicted molar refractivity (Wildman–Crippen MR) is 72.5 cm³/mol. The molecule has 0 aliphatic heterocycles. The summed E-state index contributed by atoms with van der Waals surface area (Å²) in [5, 5.41) is 11.8. The SMILES string of the molecule is N#Cc1ccncc1C(=O)NCCC1CCCCC1. The number of nitrogens with one attached hydrogen (secondary N) is 1. The second-order valence-electron chi connectivity index (χ2n) is 5.08. The van der Waals surface area contributed by atoms with Crippen LogP contribution in [-0.2, 0) is 0 Å². The van der Waals surface area contributed by atoms with Crippen LogP contribution in [0.4, 0.5) is 0 Å². The molecule has 0 atom stereocenters. The predicted octanol–water partition coefficient (Wildman–Crippen LogP) is 2.65. The molecule has 0 bridgehead atoms. The molecule has 0 unspecified atom stereocenters. The molecule has 0 radical (unpaired) electrons. The van der Waals surface area contributed by atoms with Gasteiger partial charge in [0, 0.05) is 18.9 Å². The van der Waals surface area contributed by atoms with E-state index < -0.39 is 0 Å². The van der Waals surface area contributed by atoms with Gasteiger partial charge in [-0.1, -0.05) is 32.1 Å². The van der Waals surface area contributed by atoms with Crippen LogP contribution >= 0.6 is 0 Å². The van der Waals surface area contributed by atoms with Crippen molar-refractivity contribution >= 4 is 5.91 Å². The molecule has 1 aliphatic rings. The van der Waals surface area contributed by atoms with Crippen LogP contribution in [0.2, 0.25) is 0 Å². The van der Waals surface area contributed by atoms with Gasteiger partial charge < -0.3 is 5.32 Å². The number of amides is 1. The maximum atomic E-state index is 12.0. The molecule has 1 aromatic heterocycles. The Labute approximate surface area is 113 Å². The van der Waals surface area contributed by atoms with E-state index in [0.29, 0.717) is 17.7 Å². The average molecular weight is 257 g/mol. The highest BCUT2D eigenvalue weighted by Crippen LogP contribution is 2.25. The molecule has 100 valence electrons. The molecule has 1 amide bonds. The Morgan fingerprint density at radius 2 is 2.21 bits per heavy atom. The van der Waals surface area contributed by atoms with Gasteiger partial charge in [-0.25, -0.2) is 0 Å². The Kier molecular flexibility index (Phi) is 4.91. The van der Waals surface area contributed by atoms with E-state index >= 15 is 0 Å². The van der Waals surface area contributed by atoms with E-state index in [4.69, 9.17) is 5.26 Å². The number of nitriles is 1. The summed E-state index contributed by atoms with van der Waals surface area (Å²) in [4.78, 5) is 15.9. The lowest BCUT2D eigenvalue weighted by molar-refractivity contribution is 0.0949. The monoisotopic (exact) mass is 257 g/mol. The van der Waals surface area contributed by atoms with Gasteiger partial charge in [0.15, 0.2) is 0 Å². The minimum absolute atomic E-state index is 0.194. The van der Waals surface area contributed by atoms with Crippen molar-refractivity contribution in [3.8, 4) is 6.07 Å². The fraction of sp³-hybridized carbons (Fsp3) is 0.533. The third-order valence-corrected chi connectivity index (χ3v) is 3.75. The number of aromatic nitrogens is 1. The molecular weight excluding hydrogens is 238 g/mol. The van der Waals surface area contributed by atoms with E-state index in [0.717, 1.165) is 12.3 Å². The normalized spacial score (nSPS) is 15.7. The minimum atomic E-state index is -0.194. The fourth-order valence-electron chi connectivity index (χ4n) is 2.63. The number of rotatable bonds is 4. The van der Waals surface area contributed by atoms with Crippen LogP contribution in [0.1, 0.15) is 54.4 Å². The Hall–Kier alpha value is -1.89. The average Bonchev–Trinajstić information content (AvgIpc) is 2.48. The van der Waals surface area contributed by atoms with Crippen molar-refractivity contribution in [2.75, 3.05) is 6.54 Å². The summed E-state index contributed by atoms with van der Waals surface area (Å²) in [5.41, 5.74) is 0.749. The van der Waals surface area contributed by atoms with E-state index in [-0.39, 0.29) is 5.91 Å². The van der Waals surface area contributed by atoms with Gasteiger partial charge in [-0.2, -0.15) is 5.26 Å². The van der Waals surface area contributed by atoms with E-state index in [1.807, 2.05) is 6.07 Å². The van der Waals surface area contributed by atoms with Crippen molar-refractivity contribution < 1.29 is 4.79 Å². The van der Waals surface area contributed by atoms with Gasteiger partial charge in [0.05, 0.1) is 11.1 Å². The summed E-state index contributed by atoms with van der Waals surface area (Å²) in [5.74, 6) is 0.554. The lowest BCUT2D eigenvalue weighted by atomic mass is 9.87. The number of carbonyl (C=O) groups excluding carboxylic acids is 1. The van der Waals surface area contributed by atoms with Gasteiger partial charge in [-0.15, -0.1) is 0 Å². The van der Waals surface area contributed by atoms with Crippen molar-refractivity contribution in [3.05, 3.63) is 29.6 Å². The Balaban J connectivity index is 1.82. The molecule has 2 rings (SSSR count). The zero-order valence-electron chi connectivity index (χ0n) is 11.1. The van der Waals surface area contributed by atoms with E-state index in [9.17, 15) is 4.79 Å². The second-order valence-corrected chi connectivity index (χ2v) is 5.08. The van der Waals surface area contributed by atoms with E-state index in [1.165, 1.54) is 44.5 Å². The van der Waals surface area contributed by atoms with Crippen molar-refractivity contribution in [1.82, 2.24) is 10.3 Å². The Bertz CT molecular complexity index is 473. The van der Waals surface area contributed by atoms with Crippen LogP contribution in [0.3, 0.4) is 0 Å². The highest BCUT2D eigenvalue weighted by Gasteiger charge is 2.15. The highest BCUT2D eigenvalue weighted by molar-refractivity contribution is 5.96. The molecule has 0 aromatic carbocycles. The standard InChI is InChI=1S/C15H19N3O/c16-10-13-7-8-17-11-14(13)15(19)18-9-6-12-4-2-1-3-5-12/h7-8,11-12H,1-6,9H2,(H,18,19). The molecule has 0 spiro atoms. The molecule has 0 saturated heterocycles. The first kappa shape index (κ1) is 13.5. The third kappa shape index (κ3) is 3.78. The van der Waals surface area contributed by atoms with Crippen LogP contribution in [0, 0.1) is 17.2 Å². The lowest BCUT2D eigenvalue weighted by Crippen LogP contribution is -2.27. The summed E-state index contributed by atoms with van der Waals surface area (Å²) in [6.07, 6.45) is 10.6. The van der Waals surface area contributed by atoms with Gasteiger partial charge in [0.2, 0.25) is 0 Å². The van der Waals surface area contributed by atoms with Crippen molar-refractivity contribution in [2.24, 2.45) is 5.92 Å². The molecule has 19 heavy (non-hydrogen) atoms. The molecular formula is C15H19N3O. The Morgan fingerprint density at radius 3 is 2.95 bits per heavy atom. The molecule has 4 heteroatoms. The summed E-state index contributed by atoms with van der Waals surface area (Å²) in [7, 11) is 0. The van der Waals surface area contributed by atoms with Crippen LogP contribution in [-0.4, -0.2) is 17.4 Å². The Morgan fingerprint density at radius 1 is 1.42 bits per heavy atom. The van der Waals surface area contributed by atoms with Crippen molar-refractivity contribution in [1.29, 1.82) is 5.26 Å². The summed E-state index contributed by atoms with van der Waals surface area (Å²) in [6.45, 7) is 0.684. The van der Waals surface area contributed by atoms with Crippen LogP contribution in [0.25, 0.3) is 0 Å². The van der Waals surface area contributed by atoms with Crippen LogP contribution in [0.15, 0.2) is 18.5 Å². The smallest absolute Gasteiger partial charge is 0.254 e. The molecule has 1 aromatic rings. The van der Waals surface area contributed by atoms with E-state index in [1.54, 1.807) is 6.07 Å². The highest BCUT2D eigenvalue weighted by atomic mass is 16.1. The molecule has 4 nitrogen and oxygen atoms in total. The zero-order chi connectivity index (χ0) is 13.5. The van der Waals surface area contributed by atoms with Crippen molar-refractivity contribution in [3.63, 3.8) is 0 Å². The summed E-state index contributed by atoms with van der Waals surface area (Å²) < 4.78 is 0. The van der Waals surface area contributed by atoms with Gasteiger partial charge in [-0.05, 0) is 18.4 Å². The lowest BCUT2D eigenvalue weighted by Gasteiger charge is -2.21. The van der Waals surface area contributed by atoms with Gasteiger partial charge >= 0.3 is 0 Å². The van der Waals surface area contributed by atoms with E-state index in [2.05, 4.69) is 10.3 Å². The molecule has 1 saturated carbocycles. The number of hydrogen-bond donors (Lipinski definition) is 1. The number of pyridine rings is 1. The first-order chi connectivity index (χ1) is 9.31. The first-order valence-corrected chi connectivity index (χ1v) is 6.93. The third-order valence-electron chi connectivity index (χ3n) is 3.75. The number of nitrogens with zero attached hydrogens (tertiary/aromatic N) is 2. The summed E-state index contributed by atoms with van der Waals surface area (Å²) >= 11 is 0. The molecule has 1 fully saturated rings. The summed E-state index contributed by atoms with van der Waals surface area (Å²) in [6, 6.07) is 3.58. The number of carbonyl (C=O) groups is 1. The van der Waals surface area contributed by atoms with Gasteiger partial charge in [0.1, 0.15) is 6.07 Å². The maximum Gasteiger partial charge on any atom is 0.254 e. The minimum Gasteiger partial charge on any atom is -0.352 e. The van der Waals surface area contributed by atoms with Gasteiger partial charge in [-0.3, -0.25) is 9.78 Å². The second kappa shape index (κ2) is 6.89. The maximum absolute atomic E-state index is 12.0. The number of hydrogen-bond acceptors (Lipinski definition) is 3. The topological polar surface area (TPSA) is 65.8 Å². The largest absolute Gasteiger partial charge is 0.352 e. The first-order valence-electron chi connectivity index (χ1n) is 6.93. The van der Waals surface area contributed by atoms with Crippen LogP contribution in [0.5, 0.6) is 0 Å². The molecule has 1 aliphatic carbocycles. The van der Waals surface area contributed by atoms with Crippen LogP contribution < -0.4 is 5.32 Å². The molecule has 1 N–H and O–H groups in total. The zero-order valence-corrected chi connectivity index (χ0v) is 11.1. The fourth-order valence-corrected chi connectivity index (χ4v) is 2.63. The molecule has 1 heterocycles.